The van der Waals surface area contributed by atoms with E-state index >= 15 is 0 Å². The third kappa shape index (κ3) is 4.02. The molecule has 0 heterocycles. The molecule has 0 aromatic heterocycles. The van der Waals surface area contributed by atoms with Crippen LogP contribution in [0.2, 0.25) is 0 Å². The number of rotatable bonds is 1. The highest BCUT2D eigenvalue weighted by molar-refractivity contribution is 7.97. The minimum atomic E-state index is 0.324. The van der Waals surface area contributed by atoms with Gasteiger partial charge in [-0.1, -0.05) is 0 Å². The summed E-state index contributed by atoms with van der Waals surface area (Å²) in [5.41, 5.74) is 0. The standard InChI is InChI=1S/C3H7NS/c1-3-4-5-2/h3H,1-2H3/i2T. The fourth-order valence-electron chi connectivity index (χ4n) is 0.0745. The van der Waals surface area contributed by atoms with Crippen molar-refractivity contribution in [1.82, 2.24) is 0 Å². The topological polar surface area (TPSA) is 12.4 Å². The number of hydrogen-bond donors (Lipinski definition) is 0. The van der Waals surface area contributed by atoms with E-state index in [9.17, 15) is 0 Å². The average Bonchev–Trinajstić information content (AvgIpc) is 1.61. The first-order valence-electron chi connectivity index (χ1n) is 2.01. The van der Waals surface area contributed by atoms with E-state index in [2.05, 4.69) is 4.40 Å². The van der Waals surface area contributed by atoms with Gasteiger partial charge in [0.05, 0.1) is 0 Å². The van der Waals surface area contributed by atoms with Crippen molar-refractivity contribution in [3.63, 3.8) is 0 Å². The second-order valence-corrected chi connectivity index (χ2v) is 0.962. The molecular formula is C3H7NS. The summed E-state index contributed by atoms with van der Waals surface area (Å²) in [7, 11) is 0. The predicted octanol–water partition coefficient (Wildman–Crippen LogP) is 1.36. The highest BCUT2D eigenvalue weighted by Gasteiger charge is 1.51. The van der Waals surface area contributed by atoms with Crippen LogP contribution in [0.4, 0.5) is 0 Å². The van der Waals surface area contributed by atoms with Crippen LogP contribution >= 0.6 is 11.9 Å². The Labute approximate surface area is 38.0 Å². The van der Waals surface area contributed by atoms with Crippen molar-refractivity contribution < 1.29 is 1.37 Å². The Morgan fingerprint density at radius 1 is 2.20 bits per heavy atom. The molecule has 0 radical (unpaired) electrons. The van der Waals surface area contributed by atoms with Gasteiger partial charge in [0.1, 0.15) is 0 Å². The van der Waals surface area contributed by atoms with Gasteiger partial charge < -0.3 is 0 Å². The molecule has 0 bridgehead atoms. The normalized spacial score (nSPS) is 12.6. The largest absolute Gasteiger partial charge is 0.230 e. The molecule has 1 nitrogen and oxygen atoms in total. The minimum absolute atomic E-state index is 0.324. The van der Waals surface area contributed by atoms with Gasteiger partial charge in [-0.05, 0) is 18.9 Å². The predicted molar refractivity (Wildman–Crippen MR) is 27.7 cm³/mol. The van der Waals surface area contributed by atoms with Crippen molar-refractivity contribution >= 4 is 18.2 Å². The summed E-state index contributed by atoms with van der Waals surface area (Å²) in [6.45, 7) is 1.84. The van der Waals surface area contributed by atoms with Gasteiger partial charge >= 0.3 is 0 Å². The number of hydrogen-bond acceptors (Lipinski definition) is 2. The Morgan fingerprint density at radius 3 is 3.20 bits per heavy atom. The van der Waals surface area contributed by atoms with Gasteiger partial charge in [0, 0.05) is 13.8 Å². The van der Waals surface area contributed by atoms with Crippen molar-refractivity contribution in [3.8, 4) is 0 Å². The van der Waals surface area contributed by atoms with Crippen molar-refractivity contribution in [1.29, 1.82) is 0 Å². The maximum Gasteiger partial charge on any atom is 0.0363 e. The van der Waals surface area contributed by atoms with Gasteiger partial charge in [-0.25, -0.2) is 4.40 Å². The minimum Gasteiger partial charge on any atom is -0.230 e. The van der Waals surface area contributed by atoms with Crippen LogP contribution in [0, 0.1) is 0 Å². The van der Waals surface area contributed by atoms with E-state index in [-0.39, 0.29) is 0 Å². The quantitative estimate of drug-likeness (QED) is 0.350. The molecule has 0 amide bonds. The van der Waals surface area contributed by atoms with Gasteiger partial charge in [0.25, 0.3) is 0 Å². The molecule has 2 heteroatoms. The van der Waals surface area contributed by atoms with Crippen LogP contribution in [-0.4, -0.2) is 12.4 Å². The first kappa shape index (κ1) is 3.22. The molecule has 0 unspecified atom stereocenters. The first-order valence-corrected chi connectivity index (χ1v) is 2.25. The monoisotopic (exact) mass is 91.0 g/mol. The van der Waals surface area contributed by atoms with E-state index in [0.717, 1.165) is 0 Å². The summed E-state index contributed by atoms with van der Waals surface area (Å²) in [5, 5.41) is 0. The highest BCUT2D eigenvalue weighted by Crippen LogP contribution is 1.87. The number of nitrogens with zero attached hydrogens (tertiary/aromatic N) is 1. The first-order chi connectivity index (χ1) is 2.91. The maximum atomic E-state index is 6.56. The molecule has 0 atom stereocenters. The van der Waals surface area contributed by atoms with Crippen LogP contribution in [-0.2, 0) is 0 Å². The molecular weight excluding hydrogens is 82.1 g/mol. The Morgan fingerprint density at radius 2 is 3.00 bits per heavy atom. The van der Waals surface area contributed by atoms with Crippen LogP contribution in [0.25, 0.3) is 0 Å². The molecule has 0 spiro atoms. The molecule has 30 valence electrons. The third-order valence-corrected chi connectivity index (χ3v) is 0.540. The lowest BCUT2D eigenvalue weighted by Gasteiger charge is -1.66. The molecule has 0 saturated heterocycles. The van der Waals surface area contributed by atoms with Crippen molar-refractivity contribution in [2.24, 2.45) is 4.40 Å². The van der Waals surface area contributed by atoms with Crippen LogP contribution in [0.15, 0.2) is 4.40 Å². The van der Waals surface area contributed by atoms with Crippen LogP contribution < -0.4 is 0 Å². The fourth-order valence-corrected chi connectivity index (χ4v) is 0.224. The molecule has 0 aromatic rings. The highest BCUT2D eigenvalue weighted by atomic mass is 32.2. The van der Waals surface area contributed by atoms with Crippen LogP contribution in [0.1, 0.15) is 8.29 Å². The summed E-state index contributed by atoms with van der Waals surface area (Å²) in [5.74, 6) is 0. The average molecular weight is 91.2 g/mol. The molecule has 0 fully saturated rings. The second-order valence-electron chi connectivity index (χ2n) is 0.493. The van der Waals surface area contributed by atoms with Gasteiger partial charge in [-0.3, -0.25) is 0 Å². The Hall–Kier alpha value is 0.0200. The maximum absolute atomic E-state index is 6.56. The molecule has 0 aliphatic carbocycles. The lowest BCUT2D eigenvalue weighted by atomic mass is 10.9. The Balaban J connectivity index is 2.66. The summed E-state index contributed by atoms with van der Waals surface area (Å²) in [6, 6.07) is 0. The van der Waals surface area contributed by atoms with E-state index in [4.69, 9.17) is 1.37 Å². The van der Waals surface area contributed by atoms with Gasteiger partial charge in [0.15, 0.2) is 0 Å². The zero-order chi connectivity index (χ0) is 4.83. The SMILES string of the molecule is [3H]CSN=CC. The van der Waals surface area contributed by atoms with E-state index in [1.165, 1.54) is 11.9 Å². The van der Waals surface area contributed by atoms with Gasteiger partial charge in [-0.15, -0.1) is 0 Å². The fraction of sp³-hybridized carbons (Fsp3) is 0.667. The summed E-state index contributed by atoms with van der Waals surface area (Å²) < 4.78 is 10.2. The lowest BCUT2D eigenvalue weighted by Crippen LogP contribution is -1.46. The van der Waals surface area contributed by atoms with E-state index in [1.54, 1.807) is 6.21 Å². The van der Waals surface area contributed by atoms with Crippen molar-refractivity contribution in [3.05, 3.63) is 0 Å². The lowest BCUT2D eigenvalue weighted by molar-refractivity contribution is 1.88. The molecule has 0 N–H and O–H groups in total. The molecule has 0 rings (SSSR count). The van der Waals surface area contributed by atoms with Gasteiger partial charge in [0.2, 0.25) is 0 Å². The molecule has 5 heavy (non-hydrogen) atoms. The summed E-state index contributed by atoms with van der Waals surface area (Å²) >= 11 is 1.24. The Bertz CT molecular complexity index is 46.1. The van der Waals surface area contributed by atoms with E-state index < -0.39 is 0 Å². The van der Waals surface area contributed by atoms with Gasteiger partial charge in [-0.2, -0.15) is 0 Å². The van der Waals surface area contributed by atoms with Crippen molar-refractivity contribution in [2.45, 2.75) is 6.92 Å². The van der Waals surface area contributed by atoms with Crippen LogP contribution in [0.3, 0.4) is 0 Å². The van der Waals surface area contributed by atoms with Crippen LogP contribution in [0.5, 0.6) is 0 Å². The zero-order valence-corrected chi connectivity index (χ0v) is 3.96. The molecule has 0 aromatic carbocycles. The molecule has 0 aliphatic heterocycles. The van der Waals surface area contributed by atoms with E-state index in [1.807, 2.05) is 6.92 Å². The summed E-state index contributed by atoms with van der Waals surface area (Å²) in [4.78, 5) is 0. The molecule has 0 saturated carbocycles. The third-order valence-electron chi connectivity index (χ3n) is 0.180. The van der Waals surface area contributed by atoms with E-state index in [0.29, 0.717) is 6.23 Å². The zero-order valence-electron chi connectivity index (χ0n) is 4.14. The van der Waals surface area contributed by atoms with Crippen molar-refractivity contribution in [2.75, 3.05) is 6.23 Å². The Kier molecular flexibility index (Phi) is 2.59. The smallest absolute Gasteiger partial charge is 0.0363 e. The second kappa shape index (κ2) is 4.02. The summed E-state index contributed by atoms with van der Waals surface area (Å²) in [6.07, 6.45) is 2.00. The molecule has 0 aliphatic rings.